The lowest BCUT2D eigenvalue weighted by atomic mass is 9.94. The Balaban J connectivity index is 2.03. The summed E-state index contributed by atoms with van der Waals surface area (Å²) in [6, 6.07) is 19.7. The minimum Gasteiger partial charge on any atom is -0.309 e. The number of rotatable bonds is 4. The quantitative estimate of drug-likeness (QED) is 0.781. The van der Waals surface area contributed by atoms with Gasteiger partial charge in [-0.2, -0.15) is 0 Å². The summed E-state index contributed by atoms with van der Waals surface area (Å²) in [6.45, 7) is 0. The van der Waals surface area contributed by atoms with Crippen LogP contribution >= 0.6 is 0 Å². The molecule has 2 aromatic rings. The first-order chi connectivity index (χ1) is 8.18. The van der Waals surface area contributed by atoms with Gasteiger partial charge >= 0.3 is 0 Å². The first kappa shape index (κ1) is 11.8. The molecule has 0 spiro atoms. The second-order valence-corrected chi connectivity index (χ2v) is 4.07. The molecule has 2 nitrogen and oxygen atoms in total. The van der Waals surface area contributed by atoms with E-state index in [-0.39, 0.29) is 0 Å². The van der Waals surface area contributed by atoms with Crippen LogP contribution < -0.4 is 11.5 Å². The standard InChI is InChI=1S/C15H16N2/c16-15(17,14-9-5-2-6-10-14)12-11-13-7-3-1-4-8-13/h1-10H,11,16-17H2. The summed E-state index contributed by atoms with van der Waals surface area (Å²) in [4.78, 5) is 0. The third-order valence-electron chi connectivity index (χ3n) is 2.68. The van der Waals surface area contributed by atoms with Crippen molar-refractivity contribution in [1.82, 2.24) is 0 Å². The van der Waals surface area contributed by atoms with Crippen molar-refractivity contribution in [1.29, 1.82) is 0 Å². The van der Waals surface area contributed by atoms with E-state index in [1.165, 1.54) is 0 Å². The lowest BCUT2D eigenvalue weighted by Crippen LogP contribution is -2.46. The van der Waals surface area contributed by atoms with Crippen molar-refractivity contribution in [3.05, 3.63) is 78.2 Å². The maximum absolute atomic E-state index is 6.05. The van der Waals surface area contributed by atoms with Crippen molar-refractivity contribution in [3.8, 4) is 0 Å². The van der Waals surface area contributed by atoms with Gasteiger partial charge in [0.1, 0.15) is 0 Å². The number of hydrogen-bond donors (Lipinski definition) is 2. The van der Waals surface area contributed by atoms with E-state index in [4.69, 9.17) is 11.5 Å². The predicted molar refractivity (Wildman–Crippen MR) is 69.9 cm³/mol. The first-order valence-electron chi connectivity index (χ1n) is 5.61. The molecule has 0 saturated heterocycles. The molecule has 0 heterocycles. The zero-order valence-corrected chi connectivity index (χ0v) is 9.64. The van der Waals surface area contributed by atoms with E-state index in [1.54, 1.807) is 0 Å². The average molecular weight is 224 g/mol. The van der Waals surface area contributed by atoms with Crippen LogP contribution in [0.25, 0.3) is 0 Å². The molecule has 17 heavy (non-hydrogen) atoms. The van der Waals surface area contributed by atoms with E-state index in [2.05, 4.69) is 6.42 Å². The topological polar surface area (TPSA) is 52.0 Å². The van der Waals surface area contributed by atoms with Gasteiger partial charge in [0, 0.05) is 6.42 Å². The Hall–Kier alpha value is -1.64. The second kappa shape index (κ2) is 5.13. The highest BCUT2D eigenvalue weighted by Gasteiger charge is 2.21. The van der Waals surface area contributed by atoms with Crippen molar-refractivity contribution in [2.45, 2.75) is 12.1 Å². The summed E-state index contributed by atoms with van der Waals surface area (Å²) in [5.74, 6) is 0. The van der Waals surface area contributed by atoms with Crippen molar-refractivity contribution in [2.24, 2.45) is 11.5 Å². The van der Waals surface area contributed by atoms with Gasteiger partial charge < -0.3 is 11.5 Å². The van der Waals surface area contributed by atoms with Gasteiger partial charge in [-0.15, -0.1) is 0 Å². The van der Waals surface area contributed by atoms with E-state index in [9.17, 15) is 0 Å². The smallest absolute Gasteiger partial charge is 0.0974 e. The molecule has 0 saturated carbocycles. The highest BCUT2D eigenvalue weighted by atomic mass is 14.9. The Morgan fingerprint density at radius 3 is 1.94 bits per heavy atom. The summed E-state index contributed by atoms with van der Waals surface area (Å²) < 4.78 is 0. The van der Waals surface area contributed by atoms with Crippen LogP contribution in [0.1, 0.15) is 11.1 Å². The first-order valence-corrected chi connectivity index (χ1v) is 5.61. The van der Waals surface area contributed by atoms with Crippen molar-refractivity contribution in [3.63, 3.8) is 0 Å². The molecule has 0 aliphatic rings. The Morgan fingerprint density at radius 1 is 0.824 bits per heavy atom. The Bertz CT molecular complexity index is 449. The molecule has 0 aliphatic carbocycles. The van der Waals surface area contributed by atoms with Crippen molar-refractivity contribution < 1.29 is 0 Å². The summed E-state index contributed by atoms with van der Waals surface area (Å²) in [5.41, 5.74) is 13.1. The number of nitrogens with two attached hydrogens (primary N) is 2. The zero-order chi connectivity index (χ0) is 12.1. The molecule has 0 bridgehead atoms. The molecular formula is C15H16N2. The predicted octanol–water partition coefficient (Wildman–Crippen LogP) is 2.08. The molecule has 2 radical (unpaired) electrons. The molecule has 4 N–H and O–H groups in total. The maximum atomic E-state index is 6.05. The highest BCUT2D eigenvalue weighted by molar-refractivity contribution is 5.27. The summed E-state index contributed by atoms with van der Waals surface area (Å²) in [6.07, 6.45) is 3.79. The number of hydrogen-bond acceptors (Lipinski definition) is 2. The van der Waals surface area contributed by atoms with Crippen LogP contribution in [0.4, 0.5) is 0 Å². The molecule has 0 unspecified atom stereocenters. The fourth-order valence-electron chi connectivity index (χ4n) is 1.66. The minimum atomic E-state index is -1.00. The Labute approximate surface area is 102 Å². The second-order valence-electron chi connectivity index (χ2n) is 4.07. The fourth-order valence-corrected chi connectivity index (χ4v) is 1.66. The van der Waals surface area contributed by atoms with Gasteiger partial charge in [0.05, 0.1) is 5.66 Å². The average Bonchev–Trinajstić information content (AvgIpc) is 2.39. The normalized spacial score (nSPS) is 11.4. The van der Waals surface area contributed by atoms with Crippen LogP contribution in [-0.4, -0.2) is 0 Å². The van der Waals surface area contributed by atoms with Crippen LogP contribution in [0.5, 0.6) is 0 Å². The SMILES string of the molecule is NC(N)([C]Cc1ccccc1)c1ccccc1. The van der Waals surface area contributed by atoms with Crippen LogP contribution in [-0.2, 0) is 12.1 Å². The molecule has 2 aromatic carbocycles. The van der Waals surface area contributed by atoms with Crippen molar-refractivity contribution >= 4 is 0 Å². The molecule has 0 aliphatic heterocycles. The summed E-state index contributed by atoms with van der Waals surface area (Å²) in [5, 5.41) is 0. The van der Waals surface area contributed by atoms with Crippen LogP contribution in [0, 0.1) is 6.42 Å². The molecule has 2 rings (SSSR count). The van der Waals surface area contributed by atoms with Gasteiger partial charge in [0.25, 0.3) is 0 Å². The number of benzene rings is 2. The van der Waals surface area contributed by atoms with Gasteiger partial charge in [-0.1, -0.05) is 60.7 Å². The van der Waals surface area contributed by atoms with Gasteiger partial charge in [-0.3, -0.25) is 0 Å². The fraction of sp³-hybridized carbons (Fsp3) is 0.133. The Kier molecular flexibility index (Phi) is 3.57. The monoisotopic (exact) mass is 224 g/mol. The largest absolute Gasteiger partial charge is 0.309 e. The maximum Gasteiger partial charge on any atom is 0.0974 e. The Morgan fingerprint density at radius 2 is 1.35 bits per heavy atom. The summed E-state index contributed by atoms with van der Waals surface area (Å²) >= 11 is 0. The van der Waals surface area contributed by atoms with E-state index in [0.29, 0.717) is 6.42 Å². The van der Waals surface area contributed by atoms with E-state index < -0.39 is 5.66 Å². The van der Waals surface area contributed by atoms with Crippen LogP contribution in [0.15, 0.2) is 60.7 Å². The molecule has 86 valence electrons. The molecule has 2 heteroatoms. The van der Waals surface area contributed by atoms with Crippen LogP contribution in [0.2, 0.25) is 0 Å². The lowest BCUT2D eigenvalue weighted by molar-refractivity contribution is 0.531. The van der Waals surface area contributed by atoms with Crippen LogP contribution in [0.3, 0.4) is 0 Å². The zero-order valence-electron chi connectivity index (χ0n) is 9.64. The van der Waals surface area contributed by atoms with Gasteiger partial charge in [-0.25, -0.2) is 0 Å². The molecule has 0 aromatic heterocycles. The molecule has 0 fully saturated rings. The summed E-state index contributed by atoms with van der Waals surface area (Å²) in [7, 11) is 0. The lowest BCUT2D eigenvalue weighted by Gasteiger charge is -2.24. The van der Waals surface area contributed by atoms with E-state index in [1.807, 2.05) is 60.7 Å². The molecule has 0 atom stereocenters. The van der Waals surface area contributed by atoms with Gasteiger partial charge in [0.15, 0.2) is 0 Å². The molecule has 0 amide bonds. The van der Waals surface area contributed by atoms with E-state index in [0.717, 1.165) is 11.1 Å². The van der Waals surface area contributed by atoms with E-state index >= 15 is 0 Å². The van der Waals surface area contributed by atoms with Gasteiger partial charge in [-0.05, 0) is 17.5 Å². The highest BCUT2D eigenvalue weighted by Crippen LogP contribution is 2.17. The van der Waals surface area contributed by atoms with Crippen molar-refractivity contribution in [2.75, 3.05) is 0 Å². The minimum absolute atomic E-state index is 0.642. The third kappa shape index (κ3) is 3.16. The van der Waals surface area contributed by atoms with Gasteiger partial charge in [0.2, 0.25) is 0 Å². The molecular weight excluding hydrogens is 208 g/mol. The third-order valence-corrected chi connectivity index (χ3v) is 2.68.